The Labute approximate surface area is 132 Å². The molecule has 0 unspecified atom stereocenters. The number of amides is 1. The minimum Gasteiger partial charge on any atom is -0.307 e. The molecule has 0 spiro atoms. The number of imidazole rings is 1. The molecule has 1 aliphatic heterocycles. The van der Waals surface area contributed by atoms with Gasteiger partial charge in [-0.3, -0.25) is 4.79 Å². The molecule has 0 N–H and O–H groups in total. The van der Waals surface area contributed by atoms with Crippen LogP contribution in [-0.4, -0.2) is 27.0 Å². The van der Waals surface area contributed by atoms with Gasteiger partial charge in [-0.15, -0.1) is 0 Å². The van der Waals surface area contributed by atoms with Crippen molar-refractivity contribution in [3.05, 3.63) is 59.3 Å². The molecular formula is C17H15FN4O. The molecule has 0 saturated heterocycles. The van der Waals surface area contributed by atoms with Crippen LogP contribution < -0.4 is 4.90 Å². The molecule has 1 aromatic carbocycles. The van der Waals surface area contributed by atoms with Crippen LogP contribution in [0.5, 0.6) is 0 Å². The number of hydrogen-bond donors (Lipinski definition) is 0. The summed E-state index contributed by atoms with van der Waals surface area (Å²) < 4.78 is 15.0. The van der Waals surface area contributed by atoms with Crippen LogP contribution >= 0.6 is 0 Å². The Kier molecular flexibility index (Phi) is 3.11. The number of aryl methyl sites for hydroxylation is 2. The highest BCUT2D eigenvalue weighted by molar-refractivity contribution is 6.05. The predicted octanol–water partition coefficient (Wildman–Crippen LogP) is 2.77. The van der Waals surface area contributed by atoms with Gasteiger partial charge in [0, 0.05) is 24.6 Å². The maximum atomic E-state index is 13.4. The van der Waals surface area contributed by atoms with Crippen molar-refractivity contribution in [1.82, 2.24) is 14.6 Å². The first-order valence-corrected chi connectivity index (χ1v) is 7.55. The lowest BCUT2D eigenvalue weighted by Gasteiger charge is -2.29. The summed E-state index contributed by atoms with van der Waals surface area (Å²) in [7, 11) is 0. The van der Waals surface area contributed by atoms with E-state index in [1.54, 1.807) is 33.9 Å². The number of benzene rings is 1. The molecule has 0 radical (unpaired) electrons. The highest BCUT2D eigenvalue weighted by Gasteiger charge is 2.25. The SMILES string of the molecule is Cc1cc(C(=O)N2CCCc3cc(F)ccc32)nn2ccnc12. The zero-order valence-electron chi connectivity index (χ0n) is 12.7. The van der Waals surface area contributed by atoms with Crippen molar-refractivity contribution in [3.63, 3.8) is 0 Å². The molecule has 0 saturated carbocycles. The van der Waals surface area contributed by atoms with Gasteiger partial charge in [-0.05, 0) is 55.2 Å². The number of carbonyl (C=O) groups is 1. The highest BCUT2D eigenvalue weighted by Crippen LogP contribution is 2.29. The summed E-state index contributed by atoms with van der Waals surface area (Å²) in [5.74, 6) is -0.442. The lowest BCUT2D eigenvalue weighted by molar-refractivity contribution is 0.0979. The van der Waals surface area contributed by atoms with Gasteiger partial charge in [-0.1, -0.05) is 0 Å². The number of hydrogen-bond acceptors (Lipinski definition) is 3. The fourth-order valence-corrected chi connectivity index (χ4v) is 3.09. The Morgan fingerprint density at radius 2 is 2.17 bits per heavy atom. The fourth-order valence-electron chi connectivity index (χ4n) is 3.09. The normalized spacial score (nSPS) is 14.1. The fraction of sp³-hybridized carbons (Fsp3) is 0.235. The molecule has 0 bridgehead atoms. The largest absolute Gasteiger partial charge is 0.307 e. The quantitative estimate of drug-likeness (QED) is 0.694. The second kappa shape index (κ2) is 5.15. The van der Waals surface area contributed by atoms with Gasteiger partial charge in [-0.25, -0.2) is 13.9 Å². The van der Waals surface area contributed by atoms with Gasteiger partial charge in [0.2, 0.25) is 0 Å². The molecule has 0 fully saturated rings. The van der Waals surface area contributed by atoms with E-state index in [0.717, 1.165) is 35.3 Å². The predicted molar refractivity (Wildman–Crippen MR) is 84.1 cm³/mol. The number of carbonyl (C=O) groups excluding carboxylic acids is 1. The van der Waals surface area contributed by atoms with Gasteiger partial charge < -0.3 is 4.90 Å². The van der Waals surface area contributed by atoms with E-state index in [0.29, 0.717) is 12.2 Å². The molecule has 0 aliphatic carbocycles. The van der Waals surface area contributed by atoms with Crippen molar-refractivity contribution in [1.29, 1.82) is 0 Å². The zero-order valence-corrected chi connectivity index (χ0v) is 12.7. The Morgan fingerprint density at radius 1 is 1.30 bits per heavy atom. The standard InChI is InChI=1S/C17H15FN4O/c1-11-9-14(20-22-8-6-19-16(11)22)17(23)21-7-2-3-12-10-13(18)4-5-15(12)21/h4-6,8-10H,2-3,7H2,1H3. The molecule has 23 heavy (non-hydrogen) atoms. The summed E-state index contributed by atoms with van der Waals surface area (Å²) in [5.41, 5.74) is 3.63. The Hall–Kier alpha value is -2.76. The Balaban J connectivity index is 1.77. The van der Waals surface area contributed by atoms with Crippen molar-refractivity contribution in [2.24, 2.45) is 0 Å². The minimum absolute atomic E-state index is 0.170. The van der Waals surface area contributed by atoms with Crippen LogP contribution in [0.2, 0.25) is 0 Å². The molecule has 6 heteroatoms. The molecule has 1 amide bonds. The molecule has 116 valence electrons. The van der Waals surface area contributed by atoms with Crippen LogP contribution in [0.25, 0.3) is 5.65 Å². The summed E-state index contributed by atoms with van der Waals surface area (Å²) in [5, 5.41) is 4.35. The highest BCUT2D eigenvalue weighted by atomic mass is 19.1. The van der Waals surface area contributed by atoms with Crippen LogP contribution in [0.4, 0.5) is 10.1 Å². The number of rotatable bonds is 1. The first kappa shape index (κ1) is 13.9. The van der Waals surface area contributed by atoms with E-state index >= 15 is 0 Å². The van der Waals surface area contributed by atoms with E-state index < -0.39 is 0 Å². The van der Waals surface area contributed by atoms with Crippen molar-refractivity contribution in [2.75, 3.05) is 11.4 Å². The van der Waals surface area contributed by atoms with Gasteiger partial charge in [0.15, 0.2) is 5.65 Å². The number of fused-ring (bicyclic) bond motifs is 2. The third kappa shape index (κ3) is 2.27. The molecule has 1 aliphatic rings. The van der Waals surface area contributed by atoms with Crippen LogP contribution in [0, 0.1) is 12.7 Å². The van der Waals surface area contributed by atoms with Crippen molar-refractivity contribution >= 4 is 17.2 Å². The maximum Gasteiger partial charge on any atom is 0.278 e. The Morgan fingerprint density at radius 3 is 3.04 bits per heavy atom. The van der Waals surface area contributed by atoms with Crippen molar-refractivity contribution in [2.45, 2.75) is 19.8 Å². The van der Waals surface area contributed by atoms with Crippen LogP contribution in [-0.2, 0) is 6.42 Å². The molecule has 2 aromatic heterocycles. The summed E-state index contributed by atoms with van der Waals surface area (Å²) in [6.07, 6.45) is 4.97. The number of nitrogens with zero attached hydrogens (tertiary/aromatic N) is 4. The van der Waals surface area contributed by atoms with Crippen molar-refractivity contribution < 1.29 is 9.18 Å². The first-order chi connectivity index (χ1) is 11.1. The minimum atomic E-state index is -0.271. The van der Waals surface area contributed by atoms with Gasteiger partial charge >= 0.3 is 0 Å². The van der Waals surface area contributed by atoms with E-state index in [2.05, 4.69) is 10.1 Å². The van der Waals surface area contributed by atoms with E-state index in [1.807, 2.05) is 6.92 Å². The Bertz CT molecular complexity index is 918. The summed E-state index contributed by atoms with van der Waals surface area (Å²) >= 11 is 0. The summed E-state index contributed by atoms with van der Waals surface area (Å²) in [6, 6.07) is 6.32. The van der Waals surface area contributed by atoms with Gasteiger partial charge in [0.05, 0.1) is 0 Å². The smallest absolute Gasteiger partial charge is 0.278 e. The number of halogens is 1. The van der Waals surface area contributed by atoms with Crippen LogP contribution in [0.15, 0.2) is 36.7 Å². The second-order valence-electron chi connectivity index (χ2n) is 5.74. The third-order valence-electron chi connectivity index (χ3n) is 4.17. The van der Waals surface area contributed by atoms with Crippen molar-refractivity contribution in [3.8, 4) is 0 Å². The summed E-state index contributed by atoms with van der Waals surface area (Å²) in [6.45, 7) is 2.51. The molecule has 3 heterocycles. The van der Waals surface area contributed by atoms with E-state index in [1.165, 1.54) is 12.1 Å². The van der Waals surface area contributed by atoms with E-state index in [9.17, 15) is 9.18 Å². The van der Waals surface area contributed by atoms with Crippen LogP contribution in [0.3, 0.4) is 0 Å². The molecular weight excluding hydrogens is 295 g/mol. The van der Waals surface area contributed by atoms with Gasteiger partial charge in [0.1, 0.15) is 11.5 Å². The molecule has 5 nitrogen and oxygen atoms in total. The number of anilines is 1. The van der Waals surface area contributed by atoms with Crippen LogP contribution in [0.1, 0.15) is 28.0 Å². The average molecular weight is 310 g/mol. The van der Waals surface area contributed by atoms with Gasteiger partial charge in [-0.2, -0.15) is 5.10 Å². The molecule has 4 rings (SSSR count). The average Bonchev–Trinajstić information content (AvgIpc) is 3.02. The third-order valence-corrected chi connectivity index (χ3v) is 4.17. The first-order valence-electron chi connectivity index (χ1n) is 7.55. The lowest BCUT2D eigenvalue weighted by atomic mass is 10.0. The second-order valence-corrected chi connectivity index (χ2v) is 5.74. The molecule has 0 atom stereocenters. The lowest BCUT2D eigenvalue weighted by Crippen LogP contribution is -2.36. The maximum absolute atomic E-state index is 13.4. The van der Waals surface area contributed by atoms with E-state index in [4.69, 9.17) is 0 Å². The topological polar surface area (TPSA) is 50.5 Å². The van der Waals surface area contributed by atoms with Gasteiger partial charge in [0.25, 0.3) is 5.91 Å². The number of aromatic nitrogens is 3. The monoisotopic (exact) mass is 310 g/mol. The van der Waals surface area contributed by atoms with E-state index in [-0.39, 0.29) is 11.7 Å². The summed E-state index contributed by atoms with van der Waals surface area (Å²) in [4.78, 5) is 18.8. The zero-order chi connectivity index (χ0) is 16.0. The molecule has 3 aromatic rings.